The minimum Gasteiger partial charge on any atom is -0.352 e. The van der Waals surface area contributed by atoms with E-state index in [4.69, 9.17) is 0 Å². The van der Waals surface area contributed by atoms with E-state index in [1.54, 1.807) is 18.2 Å². The molecule has 4 nitrogen and oxygen atoms in total. The zero-order chi connectivity index (χ0) is 14.0. The van der Waals surface area contributed by atoms with Crippen molar-refractivity contribution < 1.29 is 13.2 Å². The molecule has 0 unspecified atom stereocenters. The van der Waals surface area contributed by atoms with Gasteiger partial charge in [-0.05, 0) is 42.5 Å². The highest BCUT2D eigenvalue weighted by Crippen LogP contribution is 2.25. The van der Waals surface area contributed by atoms with Gasteiger partial charge in [0.1, 0.15) is 0 Å². The highest BCUT2D eigenvalue weighted by atomic mass is 32.2. The standard InChI is InChI=1S/C14H19NO3S/c1-10(2)9-15-14(16)12-5-6-13-11(8-12)4-3-7-19(13,17)18/h5-6,8,10H,3-4,7,9H2,1-2H3,(H,15,16). The van der Waals surface area contributed by atoms with Gasteiger partial charge in [0.05, 0.1) is 10.6 Å². The molecule has 0 spiro atoms. The number of hydrogen-bond donors (Lipinski definition) is 1. The summed E-state index contributed by atoms with van der Waals surface area (Å²) in [6.45, 7) is 4.67. The van der Waals surface area contributed by atoms with Crippen LogP contribution in [-0.4, -0.2) is 26.6 Å². The monoisotopic (exact) mass is 281 g/mol. The molecule has 1 heterocycles. The number of aryl methyl sites for hydroxylation is 1. The molecule has 0 radical (unpaired) electrons. The quantitative estimate of drug-likeness (QED) is 0.918. The molecular weight excluding hydrogens is 262 g/mol. The molecular formula is C14H19NO3S. The average molecular weight is 281 g/mol. The summed E-state index contributed by atoms with van der Waals surface area (Å²) >= 11 is 0. The van der Waals surface area contributed by atoms with Gasteiger partial charge >= 0.3 is 0 Å². The molecule has 0 atom stereocenters. The number of hydrogen-bond acceptors (Lipinski definition) is 3. The first-order valence-electron chi connectivity index (χ1n) is 6.54. The average Bonchev–Trinajstić information content (AvgIpc) is 2.35. The lowest BCUT2D eigenvalue weighted by molar-refractivity contribution is 0.0949. The minimum absolute atomic E-state index is 0.139. The fourth-order valence-electron chi connectivity index (χ4n) is 2.18. The molecule has 104 valence electrons. The van der Waals surface area contributed by atoms with Crippen LogP contribution in [0.25, 0.3) is 0 Å². The van der Waals surface area contributed by atoms with Gasteiger partial charge in [-0.2, -0.15) is 0 Å². The molecule has 0 aromatic heterocycles. The molecule has 2 rings (SSSR count). The van der Waals surface area contributed by atoms with E-state index in [0.29, 0.717) is 29.3 Å². The van der Waals surface area contributed by atoms with Crippen LogP contribution in [0.4, 0.5) is 0 Å². The van der Waals surface area contributed by atoms with Crippen molar-refractivity contribution in [3.05, 3.63) is 29.3 Å². The molecule has 5 heteroatoms. The van der Waals surface area contributed by atoms with E-state index < -0.39 is 9.84 Å². The van der Waals surface area contributed by atoms with E-state index in [0.717, 1.165) is 12.0 Å². The van der Waals surface area contributed by atoms with Crippen molar-refractivity contribution in [3.8, 4) is 0 Å². The summed E-state index contributed by atoms with van der Waals surface area (Å²) in [5.41, 5.74) is 1.31. The third-order valence-electron chi connectivity index (χ3n) is 3.19. The van der Waals surface area contributed by atoms with Crippen LogP contribution in [0.3, 0.4) is 0 Å². The maximum Gasteiger partial charge on any atom is 0.251 e. The third-order valence-corrected chi connectivity index (χ3v) is 5.08. The van der Waals surface area contributed by atoms with Crippen LogP contribution in [0.5, 0.6) is 0 Å². The van der Waals surface area contributed by atoms with Crippen molar-refractivity contribution in [1.82, 2.24) is 5.32 Å². The van der Waals surface area contributed by atoms with Crippen LogP contribution in [0.1, 0.15) is 36.2 Å². The van der Waals surface area contributed by atoms with Crippen molar-refractivity contribution in [2.45, 2.75) is 31.6 Å². The Bertz CT molecular complexity index is 591. The summed E-state index contributed by atoms with van der Waals surface area (Å²) in [7, 11) is -3.14. The number of carbonyl (C=O) groups is 1. The summed E-state index contributed by atoms with van der Waals surface area (Å²) < 4.78 is 23.7. The van der Waals surface area contributed by atoms with Gasteiger partial charge < -0.3 is 5.32 Å². The first kappa shape index (κ1) is 14.1. The van der Waals surface area contributed by atoms with Crippen LogP contribution in [-0.2, 0) is 16.3 Å². The summed E-state index contributed by atoms with van der Waals surface area (Å²) in [5.74, 6) is 0.459. The lowest BCUT2D eigenvalue weighted by atomic mass is 10.1. The number of carbonyl (C=O) groups excluding carboxylic acids is 1. The summed E-state index contributed by atoms with van der Waals surface area (Å²) in [4.78, 5) is 12.3. The lowest BCUT2D eigenvalue weighted by Crippen LogP contribution is -2.27. The van der Waals surface area contributed by atoms with Crippen molar-refractivity contribution in [3.63, 3.8) is 0 Å². The Morgan fingerprint density at radius 1 is 1.37 bits per heavy atom. The molecule has 0 saturated heterocycles. The summed E-state index contributed by atoms with van der Waals surface area (Å²) in [6, 6.07) is 4.87. The lowest BCUT2D eigenvalue weighted by Gasteiger charge is -2.17. The van der Waals surface area contributed by atoms with Crippen LogP contribution in [0.2, 0.25) is 0 Å². The molecule has 1 aliphatic heterocycles. The van der Waals surface area contributed by atoms with E-state index in [2.05, 4.69) is 5.32 Å². The molecule has 1 aromatic carbocycles. The highest BCUT2D eigenvalue weighted by molar-refractivity contribution is 7.91. The second-order valence-electron chi connectivity index (χ2n) is 5.35. The Morgan fingerprint density at radius 3 is 2.79 bits per heavy atom. The third kappa shape index (κ3) is 3.15. The minimum atomic E-state index is -3.14. The number of rotatable bonds is 3. The maximum atomic E-state index is 11.9. The fourth-order valence-corrected chi connectivity index (χ4v) is 3.76. The molecule has 0 saturated carbocycles. The SMILES string of the molecule is CC(C)CNC(=O)c1ccc2c(c1)CCCS2(=O)=O. The molecule has 19 heavy (non-hydrogen) atoms. The van der Waals surface area contributed by atoms with Gasteiger partial charge in [0, 0.05) is 12.1 Å². The highest BCUT2D eigenvalue weighted by Gasteiger charge is 2.24. The molecule has 0 aliphatic carbocycles. The van der Waals surface area contributed by atoms with Crippen molar-refractivity contribution in [1.29, 1.82) is 0 Å². The zero-order valence-electron chi connectivity index (χ0n) is 11.3. The number of fused-ring (bicyclic) bond motifs is 1. The molecule has 0 bridgehead atoms. The second-order valence-corrected chi connectivity index (χ2v) is 7.43. The predicted molar refractivity (Wildman–Crippen MR) is 74.0 cm³/mol. The predicted octanol–water partition coefficient (Wildman–Crippen LogP) is 1.79. The Balaban J connectivity index is 2.24. The van der Waals surface area contributed by atoms with Crippen molar-refractivity contribution in [2.24, 2.45) is 5.92 Å². The molecule has 1 aliphatic rings. The smallest absolute Gasteiger partial charge is 0.251 e. The number of amides is 1. The van der Waals surface area contributed by atoms with Crippen LogP contribution in [0, 0.1) is 5.92 Å². The molecule has 1 aromatic rings. The summed E-state index contributed by atoms with van der Waals surface area (Å²) in [6.07, 6.45) is 1.35. The largest absolute Gasteiger partial charge is 0.352 e. The van der Waals surface area contributed by atoms with Gasteiger partial charge in [-0.15, -0.1) is 0 Å². The van der Waals surface area contributed by atoms with Crippen LogP contribution in [0.15, 0.2) is 23.1 Å². The first-order valence-corrected chi connectivity index (χ1v) is 8.19. The Hall–Kier alpha value is -1.36. The topological polar surface area (TPSA) is 63.2 Å². The van der Waals surface area contributed by atoms with Gasteiger partial charge in [0.15, 0.2) is 9.84 Å². The van der Waals surface area contributed by atoms with Gasteiger partial charge in [-0.25, -0.2) is 8.42 Å². The van der Waals surface area contributed by atoms with E-state index in [9.17, 15) is 13.2 Å². The molecule has 1 amide bonds. The van der Waals surface area contributed by atoms with Gasteiger partial charge in [0.25, 0.3) is 5.91 Å². The molecule has 1 N–H and O–H groups in total. The van der Waals surface area contributed by atoms with Gasteiger partial charge in [-0.3, -0.25) is 4.79 Å². The molecule has 0 fully saturated rings. The van der Waals surface area contributed by atoms with Gasteiger partial charge in [0.2, 0.25) is 0 Å². The normalized spacial score (nSPS) is 17.0. The maximum absolute atomic E-state index is 11.9. The zero-order valence-corrected chi connectivity index (χ0v) is 12.1. The Labute approximate surface area is 114 Å². The van der Waals surface area contributed by atoms with Crippen molar-refractivity contribution in [2.75, 3.05) is 12.3 Å². The second kappa shape index (κ2) is 5.33. The Morgan fingerprint density at radius 2 is 2.11 bits per heavy atom. The summed E-state index contributed by atoms with van der Waals surface area (Å²) in [5, 5.41) is 2.84. The van der Waals surface area contributed by atoms with E-state index in [1.807, 2.05) is 13.8 Å². The Kier molecular flexibility index (Phi) is 3.94. The number of benzene rings is 1. The van der Waals surface area contributed by atoms with E-state index >= 15 is 0 Å². The van der Waals surface area contributed by atoms with Crippen molar-refractivity contribution >= 4 is 15.7 Å². The van der Waals surface area contributed by atoms with Crippen LogP contribution >= 0.6 is 0 Å². The van der Waals surface area contributed by atoms with Gasteiger partial charge in [-0.1, -0.05) is 13.8 Å². The number of sulfone groups is 1. The first-order chi connectivity index (χ1) is 8.90. The van der Waals surface area contributed by atoms with E-state index in [1.165, 1.54) is 0 Å². The van der Waals surface area contributed by atoms with E-state index in [-0.39, 0.29) is 11.7 Å². The fraction of sp³-hybridized carbons (Fsp3) is 0.500. The van der Waals surface area contributed by atoms with Crippen LogP contribution < -0.4 is 5.32 Å². The number of nitrogens with one attached hydrogen (secondary N) is 1.